The minimum atomic E-state index is -0.449. The van der Waals surface area contributed by atoms with E-state index in [2.05, 4.69) is 15.4 Å². The zero-order chi connectivity index (χ0) is 20.5. The van der Waals surface area contributed by atoms with Crippen LogP contribution in [0.5, 0.6) is 0 Å². The summed E-state index contributed by atoms with van der Waals surface area (Å²) in [6.45, 7) is 0. The highest BCUT2D eigenvalue weighted by Crippen LogP contribution is 2.34. The van der Waals surface area contributed by atoms with Crippen molar-refractivity contribution < 1.29 is 4.39 Å². The molecule has 1 unspecified atom stereocenters. The van der Waals surface area contributed by atoms with Crippen LogP contribution < -0.4 is 10.9 Å². The number of anilines is 1. The summed E-state index contributed by atoms with van der Waals surface area (Å²) in [6, 6.07) is 23.3. The van der Waals surface area contributed by atoms with E-state index in [1.807, 2.05) is 66.7 Å². The van der Waals surface area contributed by atoms with Gasteiger partial charge in [-0.05, 0) is 48.0 Å². The predicted octanol–water partition coefficient (Wildman–Crippen LogP) is 4.75. The number of para-hydroxylation sites is 1. The van der Waals surface area contributed by atoms with Crippen molar-refractivity contribution in [3.8, 4) is 22.6 Å². The Morgan fingerprint density at radius 2 is 1.67 bits per heavy atom. The number of rotatable bonds is 3. The van der Waals surface area contributed by atoms with Gasteiger partial charge < -0.3 is 5.32 Å². The van der Waals surface area contributed by atoms with Gasteiger partial charge in [0.25, 0.3) is 5.56 Å². The summed E-state index contributed by atoms with van der Waals surface area (Å²) in [5.41, 5.74) is 2.98. The van der Waals surface area contributed by atoms with Crippen molar-refractivity contribution in [2.24, 2.45) is 0 Å². The van der Waals surface area contributed by atoms with E-state index in [1.54, 1.807) is 4.68 Å². The third-order valence-electron chi connectivity index (χ3n) is 4.96. The molecule has 4 aromatic rings. The smallest absolute Gasteiger partial charge is 0.300 e. The van der Waals surface area contributed by atoms with E-state index in [-0.39, 0.29) is 17.7 Å². The van der Waals surface area contributed by atoms with Crippen LogP contribution in [0.4, 0.5) is 10.1 Å². The van der Waals surface area contributed by atoms with Crippen molar-refractivity contribution >= 4 is 11.8 Å². The van der Waals surface area contributed by atoms with Gasteiger partial charge in [0.1, 0.15) is 12.0 Å². The van der Waals surface area contributed by atoms with Gasteiger partial charge in [-0.3, -0.25) is 4.79 Å². The molecule has 0 saturated heterocycles. The lowest BCUT2D eigenvalue weighted by atomic mass is 10.1. The molecule has 0 fully saturated rings. The SMILES string of the molecule is O=c1nc2n(nc1-c1ccc(F)cc1)C(/C=C/c1ccccc1)Nc1ccccc1-2. The molecule has 5 nitrogen and oxygen atoms in total. The average Bonchev–Trinajstić information content (AvgIpc) is 2.78. The lowest BCUT2D eigenvalue weighted by Crippen LogP contribution is -2.30. The molecule has 0 radical (unpaired) electrons. The Labute approximate surface area is 172 Å². The van der Waals surface area contributed by atoms with Gasteiger partial charge >= 0.3 is 0 Å². The first kappa shape index (κ1) is 18.0. The van der Waals surface area contributed by atoms with E-state index < -0.39 is 5.56 Å². The molecule has 0 spiro atoms. The Bertz CT molecular complexity index is 1300. The van der Waals surface area contributed by atoms with E-state index in [9.17, 15) is 9.18 Å². The fourth-order valence-electron chi connectivity index (χ4n) is 3.49. The molecule has 1 aromatic heterocycles. The van der Waals surface area contributed by atoms with Crippen molar-refractivity contribution in [1.82, 2.24) is 14.8 Å². The van der Waals surface area contributed by atoms with Crippen LogP contribution >= 0.6 is 0 Å². The van der Waals surface area contributed by atoms with Gasteiger partial charge in [-0.25, -0.2) is 9.07 Å². The van der Waals surface area contributed by atoms with Crippen LogP contribution in [0.25, 0.3) is 28.7 Å². The molecular formula is C24H17FN4O. The Morgan fingerprint density at radius 3 is 2.47 bits per heavy atom. The fraction of sp³-hybridized carbons (Fsp3) is 0.0417. The van der Waals surface area contributed by atoms with Crippen LogP contribution in [-0.4, -0.2) is 14.8 Å². The molecule has 2 heterocycles. The minimum Gasteiger partial charge on any atom is -0.360 e. The van der Waals surface area contributed by atoms with Crippen LogP contribution in [0.15, 0.2) is 89.7 Å². The summed E-state index contributed by atoms with van der Waals surface area (Å²) in [7, 11) is 0. The van der Waals surface area contributed by atoms with Gasteiger partial charge in [0.15, 0.2) is 11.5 Å². The molecule has 0 bridgehead atoms. The molecule has 0 saturated carbocycles. The topological polar surface area (TPSA) is 59.8 Å². The average molecular weight is 396 g/mol. The first-order chi connectivity index (χ1) is 14.7. The van der Waals surface area contributed by atoms with Crippen molar-refractivity contribution in [2.45, 2.75) is 6.17 Å². The number of nitrogens with one attached hydrogen (secondary N) is 1. The van der Waals surface area contributed by atoms with E-state index in [0.717, 1.165) is 16.8 Å². The zero-order valence-corrected chi connectivity index (χ0v) is 15.9. The quantitative estimate of drug-likeness (QED) is 0.543. The van der Waals surface area contributed by atoms with Crippen molar-refractivity contribution in [2.75, 3.05) is 5.32 Å². The maximum atomic E-state index is 13.3. The van der Waals surface area contributed by atoms with E-state index >= 15 is 0 Å². The maximum absolute atomic E-state index is 13.3. The highest BCUT2D eigenvalue weighted by molar-refractivity contribution is 5.76. The normalized spacial score (nSPS) is 14.8. The molecule has 30 heavy (non-hydrogen) atoms. The molecule has 1 aliphatic rings. The van der Waals surface area contributed by atoms with Crippen LogP contribution in [0.2, 0.25) is 0 Å². The standard InChI is InChI=1S/C24H17FN4O/c25-18-13-11-17(12-14-18)22-24(30)27-23-19-8-4-5-9-20(19)26-21(29(23)28-22)15-10-16-6-2-1-3-7-16/h1-15,21,26H/b15-10+. The third-order valence-corrected chi connectivity index (χ3v) is 4.96. The fourth-order valence-corrected chi connectivity index (χ4v) is 3.49. The minimum absolute atomic E-state index is 0.179. The number of fused-ring (bicyclic) bond motifs is 3. The number of halogens is 1. The van der Waals surface area contributed by atoms with Crippen LogP contribution in [0.3, 0.4) is 0 Å². The summed E-state index contributed by atoms with van der Waals surface area (Å²) in [5, 5.41) is 8.05. The second-order valence-electron chi connectivity index (χ2n) is 6.95. The van der Waals surface area contributed by atoms with E-state index in [1.165, 1.54) is 24.3 Å². The molecule has 146 valence electrons. The first-order valence-corrected chi connectivity index (χ1v) is 9.55. The van der Waals surface area contributed by atoms with E-state index in [0.29, 0.717) is 11.4 Å². The molecule has 1 aliphatic heterocycles. The lowest BCUT2D eigenvalue weighted by molar-refractivity contribution is 0.565. The summed E-state index contributed by atoms with van der Waals surface area (Å²) in [6.07, 6.45) is 3.62. The van der Waals surface area contributed by atoms with Gasteiger partial charge in [0.05, 0.1) is 0 Å². The van der Waals surface area contributed by atoms with Gasteiger partial charge in [0, 0.05) is 16.8 Å². The highest BCUT2D eigenvalue weighted by Gasteiger charge is 2.25. The van der Waals surface area contributed by atoms with Gasteiger partial charge in [-0.15, -0.1) is 0 Å². The van der Waals surface area contributed by atoms with Crippen molar-refractivity contribution in [3.05, 3.63) is 107 Å². The van der Waals surface area contributed by atoms with Crippen molar-refractivity contribution in [1.29, 1.82) is 0 Å². The second kappa shape index (κ2) is 7.40. The number of benzene rings is 3. The summed E-state index contributed by atoms with van der Waals surface area (Å²) < 4.78 is 15.0. The predicted molar refractivity (Wildman–Crippen MR) is 115 cm³/mol. The molecule has 0 amide bonds. The highest BCUT2D eigenvalue weighted by atomic mass is 19.1. The molecular weight excluding hydrogens is 379 g/mol. The molecule has 3 aromatic carbocycles. The third kappa shape index (κ3) is 3.28. The monoisotopic (exact) mass is 396 g/mol. The summed E-state index contributed by atoms with van der Waals surface area (Å²) in [4.78, 5) is 17.1. The first-order valence-electron chi connectivity index (χ1n) is 9.55. The Morgan fingerprint density at radius 1 is 0.933 bits per heavy atom. The van der Waals surface area contributed by atoms with Gasteiger partial charge in [-0.2, -0.15) is 10.1 Å². The largest absolute Gasteiger partial charge is 0.360 e. The molecule has 1 atom stereocenters. The second-order valence-corrected chi connectivity index (χ2v) is 6.95. The number of hydrogen-bond acceptors (Lipinski definition) is 4. The summed E-state index contributed by atoms with van der Waals surface area (Å²) in [5.74, 6) is 0.118. The lowest BCUT2D eigenvalue weighted by Gasteiger charge is -2.28. The maximum Gasteiger partial charge on any atom is 0.300 e. The van der Waals surface area contributed by atoms with Crippen LogP contribution in [0.1, 0.15) is 11.7 Å². The number of nitrogens with zero attached hydrogens (tertiary/aromatic N) is 3. The Kier molecular flexibility index (Phi) is 4.44. The van der Waals surface area contributed by atoms with Crippen LogP contribution in [0, 0.1) is 5.82 Å². The van der Waals surface area contributed by atoms with Gasteiger partial charge in [0.2, 0.25) is 0 Å². The Hall–Kier alpha value is -4.06. The molecule has 1 N–H and O–H groups in total. The number of aromatic nitrogens is 3. The summed E-state index contributed by atoms with van der Waals surface area (Å²) >= 11 is 0. The molecule has 0 aliphatic carbocycles. The molecule has 6 heteroatoms. The van der Waals surface area contributed by atoms with Crippen LogP contribution in [-0.2, 0) is 0 Å². The number of hydrogen-bond donors (Lipinski definition) is 1. The molecule has 5 rings (SSSR count). The van der Waals surface area contributed by atoms with Crippen molar-refractivity contribution in [3.63, 3.8) is 0 Å². The van der Waals surface area contributed by atoms with E-state index in [4.69, 9.17) is 0 Å². The Balaban J connectivity index is 1.65. The van der Waals surface area contributed by atoms with Gasteiger partial charge in [-0.1, -0.05) is 48.5 Å². The zero-order valence-electron chi connectivity index (χ0n) is 15.9.